The Hall–Kier alpha value is -2.28. The van der Waals surface area contributed by atoms with Crippen LogP contribution in [0.1, 0.15) is 99.8 Å². The summed E-state index contributed by atoms with van der Waals surface area (Å²) in [4.78, 5) is 27.4. The molecule has 2 unspecified atom stereocenters. The van der Waals surface area contributed by atoms with Crippen molar-refractivity contribution in [1.82, 2.24) is 0 Å². The number of ether oxygens (including phenoxy) is 10. The van der Waals surface area contributed by atoms with Crippen LogP contribution in [0.15, 0.2) is 11.6 Å². The lowest BCUT2D eigenvalue weighted by atomic mass is 9.33. The number of aliphatic carboxylic acids is 1. The Balaban J connectivity index is 0.856. The van der Waals surface area contributed by atoms with Crippen LogP contribution in [-0.4, -0.2) is 274 Å². The van der Waals surface area contributed by atoms with Crippen LogP contribution in [0, 0.1) is 50.2 Å². The summed E-state index contributed by atoms with van der Waals surface area (Å²) in [6, 6.07) is 0. The van der Waals surface area contributed by atoms with Crippen LogP contribution in [0.3, 0.4) is 0 Å². The van der Waals surface area contributed by atoms with E-state index in [9.17, 15) is 86.5 Å². The molecule has 0 aromatic carbocycles. The van der Waals surface area contributed by atoms with Gasteiger partial charge >= 0.3 is 11.9 Å². The van der Waals surface area contributed by atoms with Crippen molar-refractivity contribution in [3.8, 4) is 0 Å². The number of carbonyl (C=O) groups is 2. The van der Waals surface area contributed by atoms with E-state index < -0.39 is 231 Å². The topological polar surface area (TPSA) is 450 Å². The molecule has 85 heavy (non-hydrogen) atoms. The van der Waals surface area contributed by atoms with Gasteiger partial charge in [0.2, 0.25) is 6.29 Å². The first kappa shape index (κ1) is 65.7. The number of aliphatic hydroxyl groups is 15. The SMILES string of the molecule is C[C@H]1O[C@H](O[C@@H]2[C@@H](OC(=O)[C@@]34CCC(C)(C)C[C@@H]3C3=CCC5[C@]6(C)C[C@@H](O)[C@@H](O[C@H]7O[C@@H](C(=O)O)[C@H](O)[C@@H](O)[C@@H]7O)[C@](C)(CO)C6[C@@H](O)C[C@]5(C)[C@@]3(C)CC4)OC[C@@H](O)[C@H]2O)[C@@H](O)[C@@H](O)[C@@H]1O[C@H]1OC[C@H](O)[C@@H](O[C@H]2OC[C@@](O)(CO)[C@@H]2O)[C@@H]1O. The fraction of sp³-hybridized carbons (Fsp3) is 0.930. The smallest absolute Gasteiger partial charge is 0.335 e. The molecule has 0 aromatic rings. The molecule has 9 fully saturated rings. The number of carboxylic acid groups (broad SMARTS) is 1. The largest absolute Gasteiger partial charge is 0.479 e. The van der Waals surface area contributed by atoms with Crippen LogP contribution >= 0.6 is 0 Å². The van der Waals surface area contributed by atoms with Crippen molar-refractivity contribution in [1.29, 1.82) is 0 Å². The maximum Gasteiger partial charge on any atom is 0.335 e. The summed E-state index contributed by atoms with van der Waals surface area (Å²) < 4.78 is 58.3. The Morgan fingerprint density at radius 2 is 1.22 bits per heavy atom. The molecule has 5 saturated heterocycles. The van der Waals surface area contributed by atoms with Gasteiger partial charge in [-0.3, -0.25) is 4.79 Å². The summed E-state index contributed by atoms with van der Waals surface area (Å²) in [5.41, 5.74) is -6.22. The number of allylic oxidation sites excluding steroid dienone is 2. The van der Waals surface area contributed by atoms with Gasteiger partial charge in [0.05, 0.1) is 62.9 Å². The quantitative estimate of drug-likeness (QED) is 0.0472. The molecule has 486 valence electrons. The first-order valence-corrected chi connectivity index (χ1v) is 29.7. The van der Waals surface area contributed by atoms with Gasteiger partial charge in [-0.05, 0) is 91.8 Å². The molecule has 5 aliphatic heterocycles. The van der Waals surface area contributed by atoms with Crippen molar-refractivity contribution in [2.24, 2.45) is 50.2 Å². The number of esters is 1. The number of hydrogen-bond donors (Lipinski definition) is 16. The van der Waals surface area contributed by atoms with Crippen LogP contribution < -0.4 is 0 Å². The molecule has 10 aliphatic rings. The molecular formula is C57H90O28. The van der Waals surface area contributed by atoms with Crippen LogP contribution in [-0.2, 0) is 57.0 Å². The molecule has 5 heterocycles. The number of carbonyl (C=O) groups excluding carboxylic acids is 1. The second kappa shape index (κ2) is 23.4. The Bertz CT molecular complexity index is 2460. The minimum absolute atomic E-state index is 0.0325. The summed E-state index contributed by atoms with van der Waals surface area (Å²) in [6.45, 7) is 10.6. The third kappa shape index (κ3) is 10.7. The standard InChI is InChI=1S/C57H90O28/c1-22-37(80-45-36(70)38(28(63)18-76-45)81-49-42(71)57(75,20-59)21-78-49)33(67)35(69)46(79-22)83-40-30(64)27(62)17-77-48(40)85-50(74)56-12-10-51(2,3)14-24(56)23-8-9-29-52(4)15-26(61)43(84-47-34(68)31(65)32(66)39(82-47)44(72)73)53(5,19-58)41(52)25(60)16-55(29,7)54(23,6)11-13-56/h8,22,24-43,45-49,58-71,75H,9-21H2,1-7H3,(H,72,73)/t22-,24-,25+,26-,27-,28+,29?,30-,31-,32-,33-,34+,35+,36+,37-,38-,39-,40+,41?,42-,43-,45-,46-,47-,48-,49-,52+,53-,54+,55+,56-,57+/m1/s1. The van der Waals surface area contributed by atoms with Crippen molar-refractivity contribution >= 4 is 11.9 Å². The first-order chi connectivity index (χ1) is 39.7. The monoisotopic (exact) mass is 1220 g/mol. The van der Waals surface area contributed by atoms with E-state index in [1.54, 1.807) is 6.92 Å². The van der Waals surface area contributed by atoms with Gasteiger partial charge in [-0.1, -0.05) is 53.2 Å². The van der Waals surface area contributed by atoms with E-state index in [0.29, 0.717) is 38.5 Å². The van der Waals surface area contributed by atoms with Gasteiger partial charge in [0.1, 0.15) is 78.8 Å². The number of carboxylic acids is 1. The van der Waals surface area contributed by atoms with Crippen molar-refractivity contribution in [3.05, 3.63) is 11.6 Å². The highest BCUT2D eigenvalue weighted by Gasteiger charge is 2.73. The predicted octanol–water partition coefficient (Wildman–Crippen LogP) is -4.26. The molecule has 4 saturated carbocycles. The van der Waals surface area contributed by atoms with Gasteiger partial charge in [-0.15, -0.1) is 0 Å². The normalized spacial score (nSPS) is 55.1. The second-order valence-electron chi connectivity index (χ2n) is 28.1. The summed E-state index contributed by atoms with van der Waals surface area (Å²) in [5.74, 6) is -3.71. The Kier molecular flexibility index (Phi) is 18.1. The summed E-state index contributed by atoms with van der Waals surface area (Å²) >= 11 is 0. The van der Waals surface area contributed by atoms with E-state index in [4.69, 9.17) is 47.4 Å². The van der Waals surface area contributed by atoms with Gasteiger partial charge in [0, 0.05) is 11.3 Å². The Morgan fingerprint density at radius 3 is 1.88 bits per heavy atom. The third-order valence-corrected chi connectivity index (χ3v) is 22.4. The van der Waals surface area contributed by atoms with E-state index in [1.165, 1.54) is 6.92 Å². The molecular weight excluding hydrogens is 1130 g/mol. The fourth-order valence-corrected chi connectivity index (χ4v) is 17.4. The van der Waals surface area contributed by atoms with E-state index in [-0.39, 0.29) is 24.2 Å². The lowest BCUT2D eigenvalue weighted by Gasteiger charge is -2.72. The number of fused-ring (bicyclic) bond motifs is 7. The molecule has 28 nitrogen and oxygen atoms in total. The molecule has 0 bridgehead atoms. The van der Waals surface area contributed by atoms with Gasteiger partial charge < -0.3 is 129 Å². The molecule has 28 heteroatoms. The minimum Gasteiger partial charge on any atom is -0.479 e. The fourth-order valence-electron chi connectivity index (χ4n) is 17.4. The van der Waals surface area contributed by atoms with Crippen LogP contribution in [0.4, 0.5) is 0 Å². The van der Waals surface area contributed by atoms with E-state index >= 15 is 4.79 Å². The summed E-state index contributed by atoms with van der Waals surface area (Å²) in [5, 5.41) is 176. The molecule has 5 aliphatic carbocycles. The Morgan fingerprint density at radius 1 is 0.600 bits per heavy atom. The molecule has 16 N–H and O–H groups in total. The van der Waals surface area contributed by atoms with Crippen molar-refractivity contribution in [2.75, 3.05) is 33.0 Å². The maximum absolute atomic E-state index is 15.4. The second-order valence-corrected chi connectivity index (χ2v) is 28.1. The van der Waals surface area contributed by atoms with E-state index in [0.717, 1.165) is 5.57 Å². The zero-order chi connectivity index (χ0) is 62.2. The average Bonchev–Trinajstić information content (AvgIpc) is 0.961. The zero-order valence-corrected chi connectivity index (χ0v) is 48.8. The lowest BCUT2D eigenvalue weighted by molar-refractivity contribution is -0.372. The van der Waals surface area contributed by atoms with Crippen molar-refractivity contribution in [3.63, 3.8) is 0 Å². The van der Waals surface area contributed by atoms with Gasteiger partial charge in [0.25, 0.3) is 0 Å². The van der Waals surface area contributed by atoms with Gasteiger partial charge in [-0.2, -0.15) is 0 Å². The zero-order valence-electron chi connectivity index (χ0n) is 48.8. The molecule has 0 spiro atoms. The number of aliphatic hydroxyl groups excluding tert-OH is 14. The number of rotatable bonds is 13. The average molecular weight is 1220 g/mol. The van der Waals surface area contributed by atoms with E-state index in [1.807, 2.05) is 6.92 Å². The summed E-state index contributed by atoms with van der Waals surface area (Å²) in [6.07, 6.45) is -33.3. The van der Waals surface area contributed by atoms with Crippen LogP contribution in [0.25, 0.3) is 0 Å². The molecule has 0 amide bonds. The van der Waals surface area contributed by atoms with Crippen molar-refractivity contribution < 1.29 is 139 Å². The van der Waals surface area contributed by atoms with Crippen LogP contribution in [0.2, 0.25) is 0 Å². The highest BCUT2D eigenvalue weighted by atomic mass is 16.8. The predicted molar refractivity (Wildman–Crippen MR) is 281 cm³/mol. The first-order valence-electron chi connectivity index (χ1n) is 29.7. The Labute approximate surface area is 491 Å². The molecule has 10 rings (SSSR count). The number of hydrogen-bond acceptors (Lipinski definition) is 27. The summed E-state index contributed by atoms with van der Waals surface area (Å²) in [7, 11) is 0. The lowest BCUT2D eigenvalue weighted by Crippen LogP contribution is -2.72. The van der Waals surface area contributed by atoms with Crippen molar-refractivity contribution in [2.45, 2.75) is 247 Å². The molecule has 0 aromatic heterocycles. The molecule has 32 atom stereocenters. The highest BCUT2D eigenvalue weighted by molar-refractivity contribution is 5.79. The molecule has 0 radical (unpaired) electrons. The van der Waals surface area contributed by atoms with Gasteiger partial charge in [0.15, 0.2) is 37.4 Å². The maximum atomic E-state index is 15.4. The van der Waals surface area contributed by atoms with E-state index in [2.05, 4.69) is 33.8 Å². The van der Waals surface area contributed by atoms with Gasteiger partial charge in [-0.25, -0.2) is 4.79 Å². The minimum atomic E-state index is -2.07. The third-order valence-electron chi connectivity index (χ3n) is 22.4. The highest BCUT2D eigenvalue weighted by Crippen LogP contribution is 2.76. The van der Waals surface area contributed by atoms with Crippen LogP contribution in [0.5, 0.6) is 0 Å².